The second kappa shape index (κ2) is 10.1. The first-order valence-electron chi connectivity index (χ1n) is 10.6. The molecule has 31 heavy (non-hydrogen) atoms. The summed E-state index contributed by atoms with van der Waals surface area (Å²) in [5.74, 6) is 0.318. The van der Waals surface area contributed by atoms with Crippen molar-refractivity contribution in [2.24, 2.45) is 5.73 Å². The lowest BCUT2D eigenvalue weighted by Crippen LogP contribution is -2.39. The number of H-pyrrole nitrogens is 1. The Morgan fingerprint density at radius 2 is 1.77 bits per heavy atom. The van der Waals surface area contributed by atoms with E-state index in [0.29, 0.717) is 49.4 Å². The summed E-state index contributed by atoms with van der Waals surface area (Å²) in [6.07, 6.45) is 1.48. The lowest BCUT2D eigenvalue weighted by Gasteiger charge is -2.10. The van der Waals surface area contributed by atoms with Crippen LogP contribution in [0.15, 0.2) is 39.9 Å². The highest BCUT2D eigenvalue weighted by Crippen LogP contribution is 2.24. The third kappa shape index (κ3) is 4.88. The lowest BCUT2D eigenvalue weighted by molar-refractivity contribution is -0.123. The molecule has 0 aliphatic carbocycles. The summed E-state index contributed by atoms with van der Waals surface area (Å²) in [4.78, 5) is 40.6. The number of nitrogens with zero attached hydrogens (tertiary/aromatic N) is 2. The molecule has 166 valence electrons. The van der Waals surface area contributed by atoms with E-state index in [4.69, 9.17) is 10.5 Å². The van der Waals surface area contributed by atoms with Gasteiger partial charge in [-0.3, -0.25) is 18.7 Å². The Labute approximate surface area is 179 Å². The number of rotatable bonds is 10. The molecule has 1 aromatic carbocycles. The van der Waals surface area contributed by atoms with Gasteiger partial charge in [-0.2, -0.15) is 0 Å². The average molecular weight is 428 g/mol. The van der Waals surface area contributed by atoms with Crippen molar-refractivity contribution in [3.05, 3.63) is 51.2 Å². The highest BCUT2D eigenvalue weighted by molar-refractivity contribution is 5.83. The predicted octanol–water partition coefficient (Wildman–Crippen LogP) is 1.43. The molecule has 2 aromatic heterocycles. The zero-order valence-corrected chi connectivity index (χ0v) is 17.9. The topological polar surface area (TPSA) is 124 Å². The van der Waals surface area contributed by atoms with Crippen molar-refractivity contribution in [3.8, 4) is 17.0 Å². The van der Waals surface area contributed by atoms with Crippen LogP contribution in [0.25, 0.3) is 22.3 Å². The highest BCUT2D eigenvalue weighted by atomic mass is 16.5. The van der Waals surface area contributed by atoms with Crippen LogP contribution >= 0.6 is 0 Å². The predicted molar refractivity (Wildman–Crippen MR) is 120 cm³/mol. The van der Waals surface area contributed by atoms with Crippen LogP contribution in [0.2, 0.25) is 0 Å². The summed E-state index contributed by atoms with van der Waals surface area (Å²) in [6.45, 7) is 5.54. The van der Waals surface area contributed by atoms with Crippen LogP contribution in [0.3, 0.4) is 0 Å². The van der Waals surface area contributed by atoms with Crippen LogP contribution in [0.4, 0.5) is 0 Å². The van der Waals surface area contributed by atoms with Gasteiger partial charge in [0, 0.05) is 31.9 Å². The minimum atomic E-state index is -0.286. The molecule has 2 heterocycles. The van der Waals surface area contributed by atoms with E-state index in [0.717, 1.165) is 17.7 Å². The average Bonchev–Trinajstić information content (AvgIpc) is 3.22. The smallest absolute Gasteiger partial charge is 0.332 e. The fourth-order valence-corrected chi connectivity index (χ4v) is 3.44. The number of hydrogen-bond acceptors (Lipinski definition) is 5. The Hall–Kier alpha value is -3.33. The second-order valence-corrected chi connectivity index (χ2v) is 7.29. The normalized spacial score (nSPS) is 11.1. The van der Waals surface area contributed by atoms with E-state index in [1.165, 1.54) is 4.57 Å². The van der Waals surface area contributed by atoms with Crippen LogP contribution in [0.5, 0.6) is 5.75 Å². The molecule has 0 saturated carbocycles. The minimum absolute atomic E-state index is 0.0913. The maximum atomic E-state index is 12.9. The van der Waals surface area contributed by atoms with Gasteiger partial charge in [0.2, 0.25) is 0 Å². The molecular formula is C22H29N5O4. The fourth-order valence-electron chi connectivity index (χ4n) is 3.44. The van der Waals surface area contributed by atoms with Gasteiger partial charge < -0.3 is 20.8 Å². The molecule has 0 unspecified atom stereocenters. The van der Waals surface area contributed by atoms with Crippen molar-refractivity contribution >= 4 is 16.9 Å². The van der Waals surface area contributed by atoms with Crippen molar-refractivity contribution in [3.63, 3.8) is 0 Å². The molecule has 0 spiro atoms. The zero-order chi connectivity index (χ0) is 22.4. The Morgan fingerprint density at radius 3 is 2.42 bits per heavy atom. The first-order chi connectivity index (χ1) is 15.0. The number of nitrogens with one attached hydrogen (secondary N) is 2. The molecule has 0 fully saturated rings. The van der Waals surface area contributed by atoms with E-state index >= 15 is 0 Å². The Balaban J connectivity index is 1.90. The van der Waals surface area contributed by atoms with Gasteiger partial charge >= 0.3 is 5.69 Å². The zero-order valence-electron chi connectivity index (χ0n) is 17.9. The molecule has 3 aromatic rings. The SMILES string of the molecule is CCCn1c(=O)c2cc(-c3ccc(OCC(=O)NCCN)cc3)[nH]c2n(CCC)c1=O. The van der Waals surface area contributed by atoms with Gasteiger partial charge in [-0.25, -0.2) is 4.79 Å². The molecule has 0 aliphatic rings. The summed E-state index contributed by atoms with van der Waals surface area (Å²) in [7, 11) is 0. The standard InChI is InChI=1S/C22H29N5O4/c1-3-11-26-20-17(21(29)27(12-4-2)22(26)30)13-18(25-20)15-5-7-16(8-6-15)31-14-19(28)24-10-9-23/h5-8,13,25H,3-4,9-12,14,23H2,1-2H3,(H,24,28). The molecule has 0 bridgehead atoms. The highest BCUT2D eigenvalue weighted by Gasteiger charge is 2.16. The van der Waals surface area contributed by atoms with E-state index in [1.54, 1.807) is 22.8 Å². The van der Waals surface area contributed by atoms with Gasteiger partial charge in [0.05, 0.1) is 5.39 Å². The van der Waals surface area contributed by atoms with E-state index in [-0.39, 0.29) is 23.8 Å². The number of benzene rings is 1. The van der Waals surface area contributed by atoms with Crippen molar-refractivity contribution in [1.82, 2.24) is 19.4 Å². The van der Waals surface area contributed by atoms with Gasteiger partial charge in [0.15, 0.2) is 6.61 Å². The molecule has 9 heteroatoms. The number of aromatic amines is 1. The van der Waals surface area contributed by atoms with E-state index in [2.05, 4.69) is 10.3 Å². The van der Waals surface area contributed by atoms with Crippen molar-refractivity contribution < 1.29 is 9.53 Å². The number of aromatic nitrogens is 3. The molecular weight excluding hydrogens is 398 g/mol. The molecule has 0 atom stereocenters. The molecule has 9 nitrogen and oxygen atoms in total. The summed E-state index contributed by atoms with van der Waals surface area (Å²) >= 11 is 0. The van der Waals surface area contributed by atoms with Crippen LogP contribution in [0, 0.1) is 0 Å². The van der Waals surface area contributed by atoms with Crippen molar-refractivity contribution in [1.29, 1.82) is 0 Å². The summed E-state index contributed by atoms with van der Waals surface area (Å²) in [6, 6.07) is 8.97. The van der Waals surface area contributed by atoms with Crippen molar-refractivity contribution in [2.75, 3.05) is 19.7 Å². The quantitative estimate of drug-likeness (QED) is 0.452. The van der Waals surface area contributed by atoms with E-state index < -0.39 is 0 Å². The minimum Gasteiger partial charge on any atom is -0.484 e. The number of nitrogens with two attached hydrogens (primary N) is 1. The monoisotopic (exact) mass is 427 g/mol. The molecule has 0 saturated heterocycles. The van der Waals surface area contributed by atoms with Crippen LogP contribution in [0.1, 0.15) is 26.7 Å². The Morgan fingerprint density at radius 1 is 1.10 bits per heavy atom. The third-order valence-corrected chi connectivity index (χ3v) is 4.90. The molecule has 0 aliphatic heterocycles. The second-order valence-electron chi connectivity index (χ2n) is 7.29. The fraction of sp³-hybridized carbons (Fsp3) is 0.409. The van der Waals surface area contributed by atoms with Crippen LogP contribution < -0.4 is 27.0 Å². The number of carbonyl (C=O) groups is 1. The number of aryl methyl sites for hydroxylation is 1. The summed E-state index contributed by atoms with van der Waals surface area (Å²) in [5.41, 5.74) is 6.90. The molecule has 4 N–H and O–H groups in total. The number of fused-ring (bicyclic) bond motifs is 1. The van der Waals surface area contributed by atoms with E-state index in [9.17, 15) is 14.4 Å². The van der Waals surface area contributed by atoms with Crippen LogP contribution in [-0.4, -0.2) is 39.7 Å². The van der Waals surface area contributed by atoms with Gasteiger partial charge in [0.1, 0.15) is 11.4 Å². The first-order valence-corrected chi connectivity index (χ1v) is 10.6. The van der Waals surface area contributed by atoms with Gasteiger partial charge in [-0.05, 0) is 48.7 Å². The number of ether oxygens (including phenoxy) is 1. The molecule has 3 rings (SSSR count). The summed E-state index contributed by atoms with van der Waals surface area (Å²) in [5, 5.41) is 3.13. The first kappa shape index (κ1) is 22.4. The number of carbonyl (C=O) groups excluding carboxylic acids is 1. The number of amides is 1. The van der Waals surface area contributed by atoms with E-state index in [1.807, 2.05) is 26.0 Å². The van der Waals surface area contributed by atoms with Gasteiger partial charge in [0.25, 0.3) is 11.5 Å². The Bertz CT molecular complexity index is 1160. The van der Waals surface area contributed by atoms with Gasteiger partial charge in [-0.1, -0.05) is 13.8 Å². The third-order valence-electron chi connectivity index (χ3n) is 4.90. The lowest BCUT2D eigenvalue weighted by atomic mass is 10.1. The maximum absolute atomic E-state index is 12.9. The molecule has 0 radical (unpaired) electrons. The largest absolute Gasteiger partial charge is 0.484 e. The summed E-state index contributed by atoms with van der Waals surface area (Å²) < 4.78 is 8.42. The Kier molecular flexibility index (Phi) is 7.30. The molecule has 1 amide bonds. The maximum Gasteiger partial charge on any atom is 0.332 e. The number of hydrogen-bond donors (Lipinski definition) is 3. The van der Waals surface area contributed by atoms with Crippen LogP contribution in [-0.2, 0) is 17.9 Å². The van der Waals surface area contributed by atoms with Gasteiger partial charge in [-0.15, -0.1) is 0 Å². The van der Waals surface area contributed by atoms with Crippen molar-refractivity contribution in [2.45, 2.75) is 39.8 Å².